The molecule has 0 saturated carbocycles. The standard InChI is InChI=1S/C10H12O6/c1-6(11)14-5-9-8(15-7(2)12)3-4-10(13)16-9/h3-4,8-9H,5H2,1-2H3/t8-,9-/m0/s1. The van der Waals surface area contributed by atoms with Gasteiger partial charge in [0.15, 0.2) is 12.2 Å². The summed E-state index contributed by atoms with van der Waals surface area (Å²) in [4.78, 5) is 32.3. The van der Waals surface area contributed by atoms with Crippen LogP contribution in [0, 0.1) is 0 Å². The van der Waals surface area contributed by atoms with E-state index >= 15 is 0 Å². The molecule has 6 nitrogen and oxygen atoms in total. The van der Waals surface area contributed by atoms with Gasteiger partial charge >= 0.3 is 17.9 Å². The van der Waals surface area contributed by atoms with Gasteiger partial charge in [0.25, 0.3) is 0 Å². The highest BCUT2D eigenvalue weighted by Gasteiger charge is 2.30. The molecule has 16 heavy (non-hydrogen) atoms. The maximum atomic E-state index is 11.0. The van der Waals surface area contributed by atoms with Crippen LogP contribution < -0.4 is 0 Å². The molecule has 88 valence electrons. The van der Waals surface area contributed by atoms with Gasteiger partial charge in [-0.1, -0.05) is 0 Å². The zero-order valence-electron chi connectivity index (χ0n) is 8.97. The Bertz CT molecular complexity index is 332. The molecule has 1 heterocycles. The van der Waals surface area contributed by atoms with E-state index in [1.807, 2.05) is 0 Å². The third-order valence-electron chi connectivity index (χ3n) is 1.81. The van der Waals surface area contributed by atoms with Crippen LogP contribution in [-0.2, 0) is 28.6 Å². The average molecular weight is 228 g/mol. The highest BCUT2D eigenvalue weighted by molar-refractivity contribution is 5.83. The van der Waals surface area contributed by atoms with Crippen molar-refractivity contribution < 1.29 is 28.6 Å². The highest BCUT2D eigenvalue weighted by Crippen LogP contribution is 2.13. The second-order valence-electron chi connectivity index (χ2n) is 3.21. The van der Waals surface area contributed by atoms with Crippen molar-refractivity contribution in [3.05, 3.63) is 12.2 Å². The molecule has 0 fully saturated rings. The minimum Gasteiger partial charge on any atom is -0.462 e. The summed E-state index contributed by atoms with van der Waals surface area (Å²) < 4.78 is 14.5. The van der Waals surface area contributed by atoms with E-state index in [9.17, 15) is 14.4 Å². The van der Waals surface area contributed by atoms with Gasteiger partial charge in [0.1, 0.15) is 6.61 Å². The minimum absolute atomic E-state index is 0.136. The predicted octanol–water partition coefficient (Wildman–Crippen LogP) is -0.0372. The van der Waals surface area contributed by atoms with E-state index in [1.54, 1.807) is 0 Å². The van der Waals surface area contributed by atoms with E-state index in [2.05, 4.69) is 0 Å². The van der Waals surface area contributed by atoms with Crippen LogP contribution in [0.1, 0.15) is 13.8 Å². The first kappa shape index (κ1) is 12.2. The lowest BCUT2D eigenvalue weighted by molar-refractivity contribution is -0.169. The summed E-state index contributed by atoms with van der Waals surface area (Å²) in [5.41, 5.74) is 0. The van der Waals surface area contributed by atoms with Crippen molar-refractivity contribution in [2.75, 3.05) is 6.61 Å². The van der Waals surface area contributed by atoms with Gasteiger partial charge in [0, 0.05) is 19.9 Å². The summed E-state index contributed by atoms with van der Waals surface area (Å²) in [5, 5.41) is 0. The maximum absolute atomic E-state index is 11.0. The van der Waals surface area contributed by atoms with Crippen molar-refractivity contribution in [3.63, 3.8) is 0 Å². The van der Waals surface area contributed by atoms with Crippen LogP contribution in [0.5, 0.6) is 0 Å². The fourth-order valence-corrected chi connectivity index (χ4v) is 1.19. The van der Waals surface area contributed by atoms with Crippen LogP contribution in [0.25, 0.3) is 0 Å². The Morgan fingerprint density at radius 2 is 2.06 bits per heavy atom. The zero-order chi connectivity index (χ0) is 12.1. The van der Waals surface area contributed by atoms with Gasteiger partial charge in [-0.25, -0.2) is 4.79 Å². The molecule has 2 atom stereocenters. The number of hydrogen-bond donors (Lipinski definition) is 0. The van der Waals surface area contributed by atoms with E-state index in [4.69, 9.17) is 14.2 Å². The predicted molar refractivity (Wildman–Crippen MR) is 51.2 cm³/mol. The average Bonchev–Trinajstić information content (AvgIpc) is 2.17. The molecule has 0 saturated heterocycles. The Hall–Kier alpha value is -1.85. The Labute approximate surface area is 92.2 Å². The first-order valence-electron chi connectivity index (χ1n) is 4.68. The molecule has 0 spiro atoms. The van der Waals surface area contributed by atoms with Gasteiger partial charge in [0.05, 0.1) is 0 Å². The van der Waals surface area contributed by atoms with Crippen molar-refractivity contribution in [3.8, 4) is 0 Å². The van der Waals surface area contributed by atoms with Crippen LogP contribution in [0.3, 0.4) is 0 Å². The number of ether oxygens (including phenoxy) is 3. The van der Waals surface area contributed by atoms with Crippen LogP contribution >= 0.6 is 0 Å². The smallest absolute Gasteiger partial charge is 0.331 e. The second-order valence-corrected chi connectivity index (χ2v) is 3.21. The monoisotopic (exact) mass is 228 g/mol. The zero-order valence-corrected chi connectivity index (χ0v) is 8.97. The Kier molecular flexibility index (Phi) is 4.04. The fraction of sp³-hybridized carbons (Fsp3) is 0.500. The van der Waals surface area contributed by atoms with Gasteiger partial charge in [-0.05, 0) is 6.08 Å². The van der Waals surface area contributed by atoms with Crippen molar-refractivity contribution in [1.82, 2.24) is 0 Å². The molecular weight excluding hydrogens is 216 g/mol. The maximum Gasteiger partial charge on any atom is 0.331 e. The molecule has 0 bridgehead atoms. The van der Waals surface area contributed by atoms with Crippen LogP contribution in [0.2, 0.25) is 0 Å². The van der Waals surface area contributed by atoms with E-state index < -0.39 is 30.1 Å². The van der Waals surface area contributed by atoms with Crippen LogP contribution in [0.4, 0.5) is 0 Å². The molecule has 0 aromatic heterocycles. The summed E-state index contributed by atoms with van der Waals surface area (Å²) >= 11 is 0. The van der Waals surface area contributed by atoms with Gasteiger partial charge in [-0.2, -0.15) is 0 Å². The van der Waals surface area contributed by atoms with E-state index in [1.165, 1.54) is 19.9 Å². The number of rotatable bonds is 3. The molecule has 1 rings (SSSR count). The molecule has 0 aromatic carbocycles. The van der Waals surface area contributed by atoms with Crippen molar-refractivity contribution in [2.45, 2.75) is 26.1 Å². The largest absolute Gasteiger partial charge is 0.462 e. The number of hydrogen-bond acceptors (Lipinski definition) is 6. The Morgan fingerprint density at radius 1 is 1.38 bits per heavy atom. The van der Waals surface area contributed by atoms with Crippen molar-refractivity contribution >= 4 is 17.9 Å². The molecule has 1 aliphatic rings. The lowest BCUT2D eigenvalue weighted by Gasteiger charge is -2.26. The number of cyclic esters (lactones) is 1. The molecule has 0 radical (unpaired) electrons. The van der Waals surface area contributed by atoms with Gasteiger partial charge < -0.3 is 14.2 Å². The fourth-order valence-electron chi connectivity index (χ4n) is 1.19. The van der Waals surface area contributed by atoms with Crippen LogP contribution in [0.15, 0.2) is 12.2 Å². The summed E-state index contributed by atoms with van der Waals surface area (Å²) in [6, 6.07) is 0. The second kappa shape index (κ2) is 5.29. The number of carbonyl (C=O) groups excluding carboxylic acids is 3. The summed E-state index contributed by atoms with van der Waals surface area (Å²) in [5.74, 6) is -1.55. The number of esters is 3. The summed E-state index contributed by atoms with van der Waals surface area (Å²) in [7, 11) is 0. The van der Waals surface area contributed by atoms with E-state index in [0.717, 1.165) is 6.08 Å². The SMILES string of the molecule is CC(=O)OC[C@@H]1OC(=O)C=C[C@@H]1OC(C)=O. The van der Waals surface area contributed by atoms with Gasteiger partial charge in [-0.3, -0.25) is 9.59 Å². The lowest BCUT2D eigenvalue weighted by atomic mass is 10.1. The van der Waals surface area contributed by atoms with E-state index in [0.29, 0.717) is 0 Å². The van der Waals surface area contributed by atoms with Crippen molar-refractivity contribution in [1.29, 1.82) is 0 Å². The molecule has 0 aromatic rings. The van der Waals surface area contributed by atoms with Crippen LogP contribution in [-0.4, -0.2) is 36.7 Å². The minimum atomic E-state index is -0.787. The Morgan fingerprint density at radius 3 is 2.62 bits per heavy atom. The molecule has 6 heteroatoms. The summed E-state index contributed by atoms with van der Waals surface area (Å²) in [6.07, 6.45) is 1.07. The van der Waals surface area contributed by atoms with E-state index in [-0.39, 0.29) is 6.61 Å². The normalized spacial score (nSPS) is 23.5. The number of carbonyl (C=O) groups is 3. The van der Waals surface area contributed by atoms with Gasteiger partial charge in [-0.15, -0.1) is 0 Å². The molecule has 0 aliphatic carbocycles. The summed E-state index contributed by atoms with van der Waals surface area (Å²) in [6.45, 7) is 2.35. The highest BCUT2D eigenvalue weighted by atomic mass is 16.6. The molecule has 1 aliphatic heterocycles. The Balaban J connectivity index is 2.62. The molecule has 0 N–H and O–H groups in total. The lowest BCUT2D eigenvalue weighted by Crippen LogP contribution is -2.39. The quantitative estimate of drug-likeness (QED) is 0.498. The first-order chi connectivity index (χ1) is 7.49. The third-order valence-corrected chi connectivity index (χ3v) is 1.81. The first-order valence-corrected chi connectivity index (χ1v) is 4.68. The molecule has 0 unspecified atom stereocenters. The third kappa shape index (κ3) is 3.72. The molecule has 0 amide bonds. The van der Waals surface area contributed by atoms with Crippen molar-refractivity contribution in [2.24, 2.45) is 0 Å². The topological polar surface area (TPSA) is 78.9 Å². The van der Waals surface area contributed by atoms with Gasteiger partial charge in [0.2, 0.25) is 0 Å². The molecular formula is C10H12O6.